The first-order chi connectivity index (χ1) is 15.6. The van der Waals surface area contributed by atoms with Crippen LogP contribution in [-0.4, -0.2) is 13.0 Å². The summed E-state index contributed by atoms with van der Waals surface area (Å²) in [5.74, 6) is 0.268. The molecule has 33 heavy (non-hydrogen) atoms. The standard InChI is InChI=1S/C24H22F3N3O2S/c1-15(2)22-14-30(20-10-8-19(9-11-20)28-29-33(31)32)23-13-17(5-12-21(22)23)16-3-6-18(7-4-16)24(25,26)27/h3-15,28,33H,1-2H3,(H,29,31,32). The highest BCUT2D eigenvalue weighted by molar-refractivity contribution is 7.70. The molecule has 0 amide bonds. The Hall–Kier alpha value is -3.30. The van der Waals surface area contributed by atoms with Gasteiger partial charge in [-0.05, 0) is 65.1 Å². The van der Waals surface area contributed by atoms with Crippen LogP contribution in [-0.2, 0) is 17.1 Å². The lowest BCUT2D eigenvalue weighted by Gasteiger charge is -2.10. The first-order valence-electron chi connectivity index (χ1n) is 10.2. The summed E-state index contributed by atoms with van der Waals surface area (Å²) in [6.45, 7) is 4.21. The number of thiol groups is 1. The normalized spacial score (nSPS) is 12.1. The number of nitrogens with zero attached hydrogens (tertiary/aromatic N) is 1. The number of hydrogen-bond acceptors (Lipinski definition) is 3. The van der Waals surface area contributed by atoms with Crippen molar-refractivity contribution < 1.29 is 21.6 Å². The average Bonchev–Trinajstić information content (AvgIpc) is 3.17. The van der Waals surface area contributed by atoms with Crippen molar-refractivity contribution in [2.24, 2.45) is 0 Å². The van der Waals surface area contributed by atoms with Crippen LogP contribution in [0.5, 0.6) is 0 Å². The van der Waals surface area contributed by atoms with E-state index in [-0.39, 0.29) is 5.92 Å². The van der Waals surface area contributed by atoms with E-state index in [0.29, 0.717) is 11.3 Å². The maximum absolute atomic E-state index is 12.9. The van der Waals surface area contributed by atoms with Crippen molar-refractivity contribution in [3.05, 3.63) is 84.1 Å². The van der Waals surface area contributed by atoms with Crippen molar-refractivity contribution in [2.45, 2.75) is 25.9 Å². The number of fused-ring (bicyclic) bond motifs is 1. The molecular formula is C24H22F3N3O2S. The molecule has 1 aromatic heterocycles. The minimum atomic E-state index is -4.37. The Balaban J connectivity index is 1.76. The monoisotopic (exact) mass is 473 g/mol. The number of hydrogen-bond donors (Lipinski definition) is 3. The summed E-state index contributed by atoms with van der Waals surface area (Å²) in [6, 6.07) is 18.3. The largest absolute Gasteiger partial charge is 0.416 e. The maximum atomic E-state index is 12.9. The van der Waals surface area contributed by atoms with Crippen LogP contribution in [0.15, 0.2) is 72.9 Å². The van der Waals surface area contributed by atoms with Crippen molar-refractivity contribution in [1.29, 1.82) is 0 Å². The van der Waals surface area contributed by atoms with E-state index in [1.807, 2.05) is 34.9 Å². The number of alkyl halides is 3. The molecule has 5 nitrogen and oxygen atoms in total. The Morgan fingerprint density at radius 1 is 0.879 bits per heavy atom. The van der Waals surface area contributed by atoms with Crippen molar-refractivity contribution in [3.8, 4) is 16.8 Å². The molecule has 0 aliphatic heterocycles. The van der Waals surface area contributed by atoms with Gasteiger partial charge in [0.2, 0.25) is 10.9 Å². The molecule has 2 N–H and O–H groups in total. The van der Waals surface area contributed by atoms with E-state index in [1.165, 1.54) is 12.1 Å². The molecule has 4 rings (SSSR count). The number of aromatic nitrogens is 1. The second-order valence-corrected chi connectivity index (χ2v) is 8.69. The van der Waals surface area contributed by atoms with Gasteiger partial charge in [-0.25, -0.2) is 8.42 Å². The zero-order valence-electron chi connectivity index (χ0n) is 17.9. The van der Waals surface area contributed by atoms with E-state index < -0.39 is 22.6 Å². The van der Waals surface area contributed by atoms with Crippen LogP contribution in [0.25, 0.3) is 27.7 Å². The molecule has 0 fully saturated rings. The highest BCUT2D eigenvalue weighted by Gasteiger charge is 2.30. The van der Waals surface area contributed by atoms with Crippen molar-refractivity contribution >= 4 is 27.5 Å². The lowest BCUT2D eigenvalue weighted by atomic mass is 9.99. The van der Waals surface area contributed by atoms with Gasteiger partial charge in [0.15, 0.2) is 0 Å². The molecule has 0 radical (unpaired) electrons. The third kappa shape index (κ3) is 4.89. The van der Waals surface area contributed by atoms with Gasteiger partial charge in [0, 0.05) is 23.0 Å². The van der Waals surface area contributed by atoms with Crippen LogP contribution in [0.3, 0.4) is 0 Å². The minimum absolute atomic E-state index is 0.268. The van der Waals surface area contributed by atoms with E-state index in [2.05, 4.69) is 30.3 Å². The van der Waals surface area contributed by atoms with Crippen molar-refractivity contribution in [1.82, 2.24) is 9.40 Å². The van der Waals surface area contributed by atoms with Gasteiger partial charge < -0.3 is 9.99 Å². The van der Waals surface area contributed by atoms with Crippen molar-refractivity contribution in [2.75, 3.05) is 5.43 Å². The number of benzene rings is 3. The third-order valence-corrected chi connectivity index (χ3v) is 5.74. The molecule has 0 unspecified atom stereocenters. The molecule has 0 spiro atoms. The zero-order chi connectivity index (χ0) is 23.8. The Bertz CT molecular complexity index is 1350. The molecular weight excluding hydrogens is 451 g/mol. The summed E-state index contributed by atoms with van der Waals surface area (Å²) < 4.78 is 62.2. The Morgan fingerprint density at radius 2 is 1.52 bits per heavy atom. The Labute approximate surface area is 190 Å². The van der Waals surface area contributed by atoms with Crippen LogP contribution in [0.2, 0.25) is 0 Å². The fourth-order valence-electron chi connectivity index (χ4n) is 3.77. The predicted molar refractivity (Wildman–Crippen MR) is 125 cm³/mol. The molecule has 1 heterocycles. The van der Waals surface area contributed by atoms with Gasteiger partial charge in [-0.15, -0.1) is 4.83 Å². The van der Waals surface area contributed by atoms with E-state index >= 15 is 0 Å². The summed E-state index contributed by atoms with van der Waals surface area (Å²) in [7, 11) is -2.77. The number of anilines is 1. The fraction of sp³-hybridized carbons (Fsp3) is 0.167. The van der Waals surface area contributed by atoms with E-state index in [9.17, 15) is 21.6 Å². The van der Waals surface area contributed by atoms with Gasteiger partial charge in [0.05, 0.1) is 11.1 Å². The first-order valence-corrected chi connectivity index (χ1v) is 11.4. The fourth-order valence-corrected chi connectivity index (χ4v) is 3.99. The summed E-state index contributed by atoms with van der Waals surface area (Å²) in [5, 5.41) is 1.06. The second-order valence-electron chi connectivity index (χ2n) is 7.96. The molecule has 0 aliphatic carbocycles. The highest BCUT2D eigenvalue weighted by atomic mass is 32.2. The molecule has 0 atom stereocenters. The molecule has 4 aromatic rings. The Kier molecular flexibility index (Phi) is 6.18. The zero-order valence-corrected chi connectivity index (χ0v) is 18.7. The van der Waals surface area contributed by atoms with Gasteiger partial charge in [0.1, 0.15) is 0 Å². The molecule has 9 heteroatoms. The summed E-state index contributed by atoms with van der Waals surface area (Å²) >= 11 is 0. The van der Waals surface area contributed by atoms with Crippen molar-refractivity contribution in [3.63, 3.8) is 0 Å². The van der Waals surface area contributed by atoms with Gasteiger partial charge in [0.25, 0.3) is 0 Å². The topological polar surface area (TPSA) is 63.1 Å². The third-order valence-electron chi connectivity index (χ3n) is 5.44. The average molecular weight is 474 g/mol. The minimum Gasteiger partial charge on any atom is -0.316 e. The molecule has 0 bridgehead atoms. The predicted octanol–water partition coefficient (Wildman–Crippen LogP) is 5.88. The molecule has 0 saturated heterocycles. The van der Waals surface area contributed by atoms with Gasteiger partial charge >= 0.3 is 6.18 Å². The summed E-state index contributed by atoms with van der Waals surface area (Å²) in [5.41, 5.74) is 6.96. The van der Waals surface area contributed by atoms with Crippen LogP contribution in [0, 0.1) is 0 Å². The number of rotatable bonds is 6. The van der Waals surface area contributed by atoms with E-state index in [1.54, 1.807) is 12.1 Å². The van der Waals surface area contributed by atoms with Crippen LogP contribution in [0.1, 0.15) is 30.9 Å². The van der Waals surface area contributed by atoms with E-state index in [4.69, 9.17) is 0 Å². The number of halogens is 3. The smallest absolute Gasteiger partial charge is 0.316 e. The SMILES string of the molecule is CC(C)c1cn(-c2ccc(NN[SH](=O)=O)cc2)c2cc(-c3ccc(C(F)(F)F)cc3)ccc12. The lowest BCUT2D eigenvalue weighted by Crippen LogP contribution is -2.18. The highest BCUT2D eigenvalue weighted by Crippen LogP contribution is 2.35. The molecule has 172 valence electrons. The Morgan fingerprint density at radius 3 is 2.09 bits per heavy atom. The summed E-state index contributed by atoms with van der Waals surface area (Å²) in [6.07, 6.45) is -2.32. The summed E-state index contributed by atoms with van der Waals surface area (Å²) in [4.78, 5) is 2.14. The van der Waals surface area contributed by atoms with Gasteiger partial charge in [-0.1, -0.05) is 38.1 Å². The van der Waals surface area contributed by atoms with Crippen LogP contribution in [0.4, 0.5) is 18.9 Å². The number of hydrazine groups is 1. The molecule has 0 aliphatic rings. The second kappa shape index (κ2) is 8.92. The number of nitrogens with one attached hydrogen (secondary N) is 2. The van der Waals surface area contributed by atoms with E-state index in [0.717, 1.165) is 39.8 Å². The molecule has 3 aromatic carbocycles. The van der Waals surface area contributed by atoms with Gasteiger partial charge in [-0.2, -0.15) is 13.2 Å². The lowest BCUT2D eigenvalue weighted by molar-refractivity contribution is -0.137. The quantitative estimate of drug-likeness (QED) is 0.242. The maximum Gasteiger partial charge on any atom is 0.416 e. The van der Waals surface area contributed by atoms with Crippen LogP contribution < -0.4 is 10.3 Å². The van der Waals surface area contributed by atoms with Gasteiger partial charge in [-0.3, -0.25) is 0 Å². The van der Waals surface area contributed by atoms with Crippen LogP contribution >= 0.6 is 0 Å². The molecule has 0 saturated carbocycles. The first kappa shape index (κ1) is 22.9.